The summed E-state index contributed by atoms with van der Waals surface area (Å²) in [4.78, 5) is 19.9. The largest absolute Gasteiger partial charge is 0.353 e. The molecule has 1 aromatic rings. The third-order valence-corrected chi connectivity index (χ3v) is 3.39. The van der Waals surface area contributed by atoms with E-state index in [1.54, 1.807) is 24.2 Å². The Bertz CT molecular complexity index is 518. The van der Waals surface area contributed by atoms with Gasteiger partial charge < -0.3 is 9.80 Å². The first kappa shape index (κ1) is 12.4. The number of nitriles is 1. The molecule has 1 aliphatic rings. The molecule has 0 spiro atoms. The van der Waals surface area contributed by atoms with Crippen LogP contribution in [-0.2, 0) is 4.79 Å². The van der Waals surface area contributed by atoms with Crippen LogP contribution in [0.3, 0.4) is 0 Å². The Balaban J connectivity index is 2.45. The maximum absolute atomic E-state index is 12.2. The lowest BCUT2D eigenvalue weighted by atomic mass is 9.96. The van der Waals surface area contributed by atoms with Crippen molar-refractivity contribution in [3.05, 3.63) is 24.0 Å². The Morgan fingerprint density at radius 3 is 2.83 bits per heavy atom. The summed E-state index contributed by atoms with van der Waals surface area (Å²) in [7, 11) is 1.80. The second-order valence-electron chi connectivity index (χ2n) is 4.92. The first-order valence-corrected chi connectivity index (χ1v) is 5.87. The van der Waals surface area contributed by atoms with E-state index in [1.165, 1.54) is 0 Å². The molecule has 0 aliphatic carbocycles. The molecule has 2 heterocycles. The number of likely N-dealkylation sites (N-methyl/N-ethyl adjacent to an activating group) is 1. The summed E-state index contributed by atoms with van der Waals surface area (Å²) in [5.74, 6) is 0.0569. The lowest BCUT2D eigenvalue weighted by molar-refractivity contribution is -0.136. The van der Waals surface area contributed by atoms with Gasteiger partial charge in [0.1, 0.15) is 11.6 Å². The maximum atomic E-state index is 12.2. The predicted octanol–water partition coefficient (Wildman–Crippen LogP) is 1.01. The highest BCUT2D eigenvalue weighted by Crippen LogP contribution is 2.29. The molecule has 5 nitrogen and oxygen atoms in total. The van der Waals surface area contributed by atoms with E-state index in [-0.39, 0.29) is 5.91 Å². The van der Waals surface area contributed by atoms with Gasteiger partial charge in [0.15, 0.2) is 5.69 Å². The van der Waals surface area contributed by atoms with Crippen LogP contribution in [0.15, 0.2) is 18.3 Å². The van der Waals surface area contributed by atoms with Gasteiger partial charge in [0.2, 0.25) is 5.91 Å². The molecule has 0 atom stereocenters. The quantitative estimate of drug-likeness (QED) is 0.739. The van der Waals surface area contributed by atoms with E-state index in [4.69, 9.17) is 5.26 Å². The summed E-state index contributed by atoms with van der Waals surface area (Å²) < 4.78 is 0. The van der Waals surface area contributed by atoms with Crippen LogP contribution in [0, 0.1) is 11.3 Å². The van der Waals surface area contributed by atoms with Gasteiger partial charge in [0, 0.05) is 26.3 Å². The second kappa shape index (κ2) is 4.30. The molecule has 0 bridgehead atoms. The van der Waals surface area contributed by atoms with E-state index in [0.717, 1.165) is 5.69 Å². The smallest absolute Gasteiger partial charge is 0.247 e. The van der Waals surface area contributed by atoms with Gasteiger partial charge in [-0.3, -0.25) is 4.79 Å². The number of rotatable bonds is 1. The van der Waals surface area contributed by atoms with E-state index in [1.807, 2.05) is 24.8 Å². The number of piperazine rings is 1. The molecule has 2 rings (SSSR count). The summed E-state index contributed by atoms with van der Waals surface area (Å²) in [5, 5.41) is 9.10. The van der Waals surface area contributed by atoms with Crippen LogP contribution in [0.25, 0.3) is 0 Å². The summed E-state index contributed by atoms with van der Waals surface area (Å²) in [6, 6.07) is 5.70. The summed E-state index contributed by atoms with van der Waals surface area (Å²) >= 11 is 0. The fourth-order valence-corrected chi connectivity index (χ4v) is 2.34. The van der Waals surface area contributed by atoms with Crippen LogP contribution in [0.2, 0.25) is 0 Å². The van der Waals surface area contributed by atoms with Crippen LogP contribution >= 0.6 is 0 Å². The molecule has 1 saturated heterocycles. The van der Waals surface area contributed by atoms with E-state index in [0.29, 0.717) is 18.8 Å². The lowest BCUT2D eigenvalue weighted by Crippen LogP contribution is -2.62. The molecule has 1 amide bonds. The second-order valence-corrected chi connectivity index (χ2v) is 4.92. The molecule has 5 heteroatoms. The van der Waals surface area contributed by atoms with Crippen molar-refractivity contribution in [1.82, 2.24) is 9.88 Å². The van der Waals surface area contributed by atoms with Gasteiger partial charge in [-0.05, 0) is 26.0 Å². The van der Waals surface area contributed by atoms with Crippen molar-refractivity contribution in [2.45, 2.75) is 19.4 Å². The highest BCUT2D eigenvalue weighted by Gasteiger charge is 2.41. The number of amides is 1. The molecule has 0 N–H and O–H groups in total. The topological polar surface area (TPSA) is 60.2 Å². The number of hydrogen-bond acceptors (Lipinski definition) is 4. The van der Waals surface area contributed by atoms with Gasteiger partial charge in [-0.15, -0.1) is 0 Å². The van der Waals surface area contributed by atoms with Crippen molar-refractivity contribution in [3.8, 4) is 6.07 Å². The summed E-state index contributed by atoms with van der Waals surface area (Å²) in [6.07, 6.45) is 1.59. The average Bonchev–Trinajstić information content (AvgIpc) is 2.36. The predicted molar refractivity (Wildman–Crippen MR) is 68.0 cm³/mol. The molecule has 1 aromatic heterocycles. The van der Waals surface area contributed by atoms with Gasteiger partial charge >= 0.3 is 0 Å². The molecule has 18 heavy (non-hydrogen) atoms. The van der Waals surface area contributed by atoms with Gasteiger partial charge in [0.05, 0.1) is 5.69 Å². The van der Waals surface area contributed by atoms with E-state index >= 15 is 0 Å². The maximum Gasteiger partial charge on any atom is 0.247 e. The van der Waals surface area contributed by atoms with Crippen molar-refractivity contribution in [2.24, 2.45) is 0 Å². The molecule has 1 fully saturated rings. The number of hydrogen-bond donors (Lipinski definition) is 0. The molecular weight excluding hydrogens is 228 g/mol. The van der Waals surface area contributed by atoms with Crippen LogP contribution < -0.4 is 4.90 Å². The zero-order chi connectivity index (χ0) is 13.3. The number of carbonyl (C=O) groups excluding carboxylic acids is 1. The minimum absolute atomic E-state index is 0.0569. The number of anilines is 1. The third-order valence-electron chi connectivity index (χ3n) is 3.39. The monoisotopic (exact) mass is 244 g/mol. The average molecular weight is 244 g/mol. The minimum atomic E-state index is -0.651. The SMILES string of the molecule is CN1CCN(c2cccnc2C#N)C(C)(C)C1=O. The van der Waals surface area contributed by atoms with Gasteiger partial charge in [-0.25, -0.2) is 4.98 Å². The zero-order valence-corrected chi connectivity index (χ0v) is 10.8. The Morgan fingerprint density at radius 1 is 1.44 bits per heavy atom. The van der Waals surface area contributed by atoms with Gasteiger partial charge in [0.25, 0.3) is 0 Å². The summed E-state index contributed by atoms with van der Waals surface area (Å²) in [6.45, 7) is 5.11. The highest BCUT2D eigenvalue weighted by molar-refractivity contribution is 5.90. The molecule has 94 valence electrons. The van der Waals surface area contributed by atoms with Crippen molar-refractivity contribution >= 4 is 11.6 Å². The number of nitrogens with zero attached hydrogens (tertiary/aromatic N) is 4. The minimum Gasteiger partial charge on any atom is -0.353 e. The lowest BCUT2D eigenvalue weighted by Gasteiger charge is -2.46. The van der Waals surface area contributed by atoms with Crippen LogP contribution in [0.4, 0.5) is 5.69 Å². The number of carbonyl (C=O) groups is 1. The zero-order valence-electron chi connectivity index (χ0n) is 10.8. The summed E-state index contributed by atoms with van der Waals surface area (Å²) in [5.41, 5.74) is 0.441. The van der Waals surface area contributed by atoms with Crippen molar-refractivity contribution < 1.29 is 4.79 Å². The van der Waals surface area contributed by atoms with Crippen LogP contribution in [0.1, 0.15) is 19.5 Å². The standard InChI is InChI=1S/C13H16N4O/c1-13(2)12(18)16(3)7-8-17(13)11-5-4-6-15-10(11)9-14/h4-6H,7-8H2,1-3H3. The van der Waals surface area contributed by atoms with Crippen molar-refractivity contribution in [1.29, 1.82) is 5.26 Å². The molecule has 0 unspecified atom stereocenters. The Kier molecular flexibility index (Phi) is 2.95. The molecule has 0 saturated carbocycles. The van der Waals surface area contributed by atoms with E-state index in [2.05, 4.69) is 11.1 Å². The Labute approximate surface area is 107 Å². The van der Waals surface area contributed by atoms with E-state index in [9.17, 15) is 4.79 Å². The van der Waals surface area contributed by atoms with Crippen LogP contribution in [0.5, 0.6) is 0 Å². The third kappa shape index (κ3) is 1.80. The number of pyridine rings is 1. The molecule has 0 aromatic carbocycles. The Hall–Kier alpha value is -2.09. The Morgan fingerprint density at radius 2 is 2.17 bits per heavy atom. The molecular formula is C13H16N4O. The fourth-order valence-electron chi connectivity index (χ4n) is 2.34. The highest BCUT2D eigenvalue weighted by atomic mass is 16.2. The molecule has 0 radical (unpaired) electrons. The van der Waals surface area contributed by atoms with E-state index < -0.39 is 5.54 Å². The van der Waals surface area contributed by atoms with Crippen molar-refractivity contribution in [3.63, 3.8) is 0 Å². The normalized spacial score (nSPS) is 18.7. The fraction of sp³-hybridized carbons (Fsp3) is 0.462. The van der Waals surface area contributed by atoms with Crippen LogP contribution in [-0.4, -0.2) is 41.5 Å². The van der Waals surface area contributed by atoms with Gasteiger partial charge in [-0.1, -0.05) is 0 Å². The number of aromatic nitrogens is 1. The van der Waals surface area contributed by atoms with Gasteiger partial charge in [-0.2, -0.15) is 5.26 Å². The first-order valence-electron chi connectivity index (χ1n) is 5.87. The first-order chi connectivity index (χ1) is 8.48. The molecule has 1 aliphatic heterocycles. The van der Waals surface area contributed by atoms with Crippen molar-refractivity contribution in [2.75, 3.05) is 25.0 Å².